The highest BCUT2D eigenvalue weighted by atomic mass is 16.3. The molecule has 2 N–H and O–H groups in total. The molecule has 2 nitrogen and oxygen atoms in total. The van der Waals surface area contributed by atoms with Crippen molar-refractivity contribution in [1.29, 1.82) is 0 Å². The van der Waals surface area contributed by atoms with E-state index in [0.717, 1.165) is 44.4 Å². The predicted octanol–water partition coefficient (Wildman–Crippen LogP) is 4.29. The molecule has 0 aromatic rings. The normalized spacial score (nSPS) is 15.0. The first-order chi connectivity index (χ1) is 8.65. The van der Waals surface area contributed by atoms with Crippen LogP contribution in [0.25, 0.3) is 0 Å². The molecule has 2 heteroatoms. The third-order valence-electron chi connectivity index (χ3n) is 4.06. The van der Waals surface area contributed by atoms with E-state index in [1.54, 1.807) is 0 Å². The molecule has 18 heavy (non-hydrogen) atoms. The second kappa shape index (κ2) is 12.0. The largest absolute Gasteiger partial charge is 0.390 e. The van der Waals surface area contributed by atoms with E-state index in [1.165, 1.54) is 25.7 Å². The molecule has 0 radical (unpaired) electrons. The van der Waals surface area contributed by atoms with Crippen LogP contribution in [0, 0.1) is 5.92 Å². The van der Waals surface area contributed by atoms with Crippen LogP contribution in [-0.2, 0) is 0 Å². The number of unbranched alkanes of at least 4 members (excludes halogenated alkanes) is 3. The van der Waals surface area contributed by atoms with Crippen LogP contribution in [0.1, 0.15) is 85.0 Å². The number of hydrogen-bond acceptors (Lipinski definition) is 2. The Balaban J connectivity index is 3.53. The van der Waals surface area contributed by atoms with Gasteiger partial charge in [0, 0.05) is 0 Å². The average molecular weight is 258 g/mol. The minimum Gasteiger partial charge on any atom is -0.390 e. The Morgan fingerprint density at radius 2 is 1.11 bits per heavy atom. The summed E-state index contributed by atoms with van der Waals surface area (Å²) in [6, 6.07) is 0. The monoisotopic (exact) mass is 258 g/mol. The van der Waals surface area contributed by atoms with Gasteiger partial charge in [-0.25, -0.2) is 0 Å². The first-order valence-corrected chi connectivity index (χ1v) is 8.01. The maximum atomic E-state index is 9.85. The summed E-state index contributed by atoms with van der Waals surface area (Å²) in [5.74, 6) is 0.844. The Bertz CT molecular complexity index is 166. The van der Waals surface area contributed by atoms with Gasteiger partial charge in [0.1, 0.15) is 0 Å². The number of aliphatic hydroxyl groups is 2. The molecule has 110 valence electrons. The quantitative estimate of drug-likeness (QED) is 0.513. The number of rotatable bonds is 12. The van der Waals surface area contributed by atoms with Gasteiger partial charge in [0.05, 0.1) is 12.2 Å². The van der Waals surface area contributed by atoms with Crippen LogP contribution < -0.4 is 0 Å². The molecular formula is C16H34O2. The molecular weight excluding hydrogens is 224 g/mol. The smallest absolute Gasteiger partial charge is 0.0799 e. The highest BCUT2D eigenvalue weighted by Gasteiger charge is 2.15. The van der Waals surface area contributed by atoms with E-state index in [-0.39, 0.29) is 0 Å². The first kappa shape index (κ1) is 17.9. The van der Waals surface area contributed by atoms with Crippen LogP contribution in [0.15, 0.2) is 0 Å². The summed E-state index contributed by atoms with van der Waals surface area (Å²) < 4.78 is 0. The predicted molar refractivity (Wildman–Crippen MR) is 78.7 cm³/mol. The fourth-order valence-corrected chi connectivity index (χ4v) is 2.47. The second-order valence-electron chi connectivity index (χ2n) is 5.60. The molecule has 0 bridgehead atoms. The van der Waals surface area contributed by atoms with Crippen molar-refractivity contribution in [1.82, 2.24) is 0 Å². The molecule has 2 unspecified atom stereocenters. The molecule has 2 atom stereocenters. The Morgan fingerprint density at radius 3 is 1.56 bits per heavy atom. The molecule has 0 fully saturated rings. The summed E-state index contributed by atoms with van der Waals surface area (Å²) in [7, 11) is 0. The Kier molecular flexibility index (Phi) is 11.9. The molecule has 0 saturated carbocycles. The van der Waals surface area contributed by atoms with Crippen molar-refractivity contribution in [3.05, 3.63) is 0 Å². The summed E-state index contributed by atoms with van der Waals surface area (Å²) in [6.45, 7) is 6.65. The van der Waals surface area contributed by atoms with Gasteiger partial charge < -0.3 is 10.2 Å². The maximum Gasteiger partial charge on any atom is 0.0799 e. The third-order valence-corrected chi connectivity index (χ3v) is 4.06. The van der Waals surface area contributed by atoms with Gasteiger partial charge in [-0.2, -0.15) is 0 Å². The Hall–Kier alpha value is -0.0800. The fraction of sp³-hybridized carbons (Fsp3) is 1.00. The maximum absolute atomic E-state index is 9.85. The van der Waals surface area contributed by atoms with Crippen LogP contribution in [0.3, 0.4) is 0 Å². The van der Waals surface area contributed by atoms with Crippen LogP contribution in [0.5, 0.6) is 0 Å². The topological polar surface area (TPSA) is 40.5 Å². The van der Waals surface area contributed by atoms with Crippen LogP contribution in [0.2, 0.25) is 0 Å². The number of aliphatic hydroxyl groups excluding tert-OH is 2. The first-order valence-electron chi connectivity index (χ1n) is 8.01. The zero-order chi connectivity index (χ0) is 13.8. The third kappa shape index (κ3) is 8.93. The van der Waals surface area contributed by atoms with E-state index in [0.29, 0.717) is 0 Å². The lowest BCUT2D eigenvalue weighted by molar-refractivity contribution is 0.00704. The van der Waals surface area contributed by atoms with E-state index in [1.807, 2.05) is 0 Å². The summed E-state index contributed by atoms with van der Waals surface area (Å²) in [6.07, 6.45) is 9.86. The van der Waals surface area contributed by atoms with Crippen molar-refractivity contribution in [3.8, 4) is 0 Å². The Labute approximate surface area is 114 Å². The van der Waals surface area contributed by atoms with Gasteiger partial charge in [0.15, 0.2) is 0 Å². The minimum absolute atomic E-state index is 0.510. The SMILES string of the molecule is CCCCCC(O)C(O)CCCCC(CC)CC. The summed E-state index contributed by atoms with van der Waals surface area (Å²) in [5.41, 5.74) is 0. The van der Waals surface area contributed by atoms with Crippen molar-refractivity contribution in [2.45, 2.75) is 97.2 Å². The lowest BCUT2D eigenvalue weighted by atomic mass is 9.94. The zero-order valence-electron chi connectivity index (χ0n) is 12.7. The van der Waals surface area contributed by atoms with Crippen LogP contribution in [0.4, 0.5) is 0 Å². The van der Waals surface area contributed by atoms with Gasteiger partial charge in [0.2, 0.25) is 0 Å². The van der Waals surface area contributed by atoms with Crippen molar-refractivity contribution < 1.29 is 10.2 Å². The zero-order valence-corrected chi connectivity index (χ0v) is 12.7. The van der Waals surface area contributed by atoms with Gasteiger partial charge in [-0.3, -0.25) is 0 Å². The van der Waals surface area contributed by atoms with E-state index in [2.05, 4.69) is 20.8 Å². The van der Waals surface area contributed by atoms with Crippen molar-refractivity contribution in [2.75, 3.05) is 0 Å². The lowest BCUT2D eigenvalue weighted by Gasteiger charge is -2.18. The molecule has 0 amide bonds. The molecule has 0 heterocycles. The molecule has 0 aliphatic rings. The van der Waals surface area contributed by atoms with Crippen molar-refractivity contribution in [3.63, 3.8) is 0 Å². The Morgan fingerprint density at radius 1 is 0.667 bits per heavy atom. The van der Waals surface area contributed by atoms with Gasteiger partial charge in [-0.1, -0.05) is 72.1 Å². The van der Waals surface area contributed by atoms with Gasteiger partial charge >= 0.3 is 0 Å². The van der Waals surface area contributed by atoms with Crippen molar-refractivity contribution >= 4 is 0 Å². The number of hydrogen-bond donors (Lipinski definition) is 2. The molecule has 0 aromatic heterocycles. The highest BCUT2D eigenvalue weighted by Crippen LogP contribution is 2.18. The van der Waals surface area contributed by atoms with E-state index < -0.39 is 12.2 Å². The van der Waals surface area contributed by atoms with E-state index in [9.17, 15) is 10.2 Å². The average Bonchev–Trinajstić information content (AvgIpc) is 2.38. The van der Waals surface area contributed by atoms with Crippen LogP contribution >= 0.6 is 0 Å². The standard InChI is InChI=1S/C16H34O2/c1-4-7-8-12-15(17)16(18)13-10-9-11-14(5-2)6-3/h14-18H,4-13H2,1-3H3. The second-order valence-corrected chi connectivity index (χ2v) is 5.60. The molecule has 0 aliphatic carbocycles. The molecule has 0 aliphatic heterocycles. The summed E-state index contributed by atoms with van der Waals surface area (Å²) >= 11 is 0. The lowest BCUT2D eigenvalue weighted by Crippen LogP contribution is -2.25. The van der Waals surface area contributed by atoms with E-state index >= 15 is 0 Å². The van der Waals surface area contributed by atoms with E-state index in [4.69, 9.17) is 0 Å². The van der Waals surface area contributed by atoms with Gasteiger partial charge in [0.25, 0.3) is 0 Å². The molecule has 0 saturated heterocycles. The summed E-state index contributed by atoms with van der Waals surface area (Å²) in [4.78, 5) is 0. The van der Waals surface area contributed by atoms with Gasteiger partial charge in [-0.15, -0.1) is 0 Å². The van der Waals surface area contributed by atoms with Crippen LogP contribution in [-0.4, -0.2) is 22.4 Å². The van der Waals surface area contributed by atoms with Crippen molar-refractivity contribution in [2.24, 2.45) is 5.92 Å². The molecule has 0 aromatic carbocycles. The fourth-order valence-electron chi connectivity index (χ4n) is 2.47. The van der Waals surface area contributed by atoms with Gasteiger partial charge in [-0.05, 0) is 18.8 Å². The summed E-state index contributed by atoms with van der Waals surface area (Å²) in [5, 5.41) is 19.6. The molecule has 0 spiro atoms. The highest BCUT2D eigenvalue weighted by molar-refractivity contribution is 4.67. The molecule has 0 rings (SSSR count). The minimum atomic E-state index is -0.511.